The van der Waals surface area contributed by atoms with Gasteiger partial charge in [-0.1, -0.05) is 0 Å². The Kier molecular flexibility index (Phi) is 5.50. The maximum absolute atomic E-state index is 12.2. The van der Waals surface area contributed by atoms with Gasteiger partial charge in [0.1, 0.15) is 17.2 Å². The number of piperidine rings is 1. The molecule has 1 amide bonds. The van der Waals surface area contributed by atoms with Crippen LogP contribution in [-0.4, -0.2) is 43.7 Å². The fourth-order valence-electron chi connectivity index (χ4n) is 3.09. The first kappa shape index (κ1) is 17.7. The number of carbonyl (C=O) groups excluding carboxylic acids is 1. The number of amides is 1. The molecule has 1 unspecified atom stereocenters. The van der Waals surface area contributed by atoms with E-state index in [1.165, 1.54) is 17.8 Å². The molecule has 1 aliphatic heterocycles. The number of nitrogens with one attached hydrogen (secondary N) is 2. The predicted octanol–water partition coefficient (Wildman–Crippen LogP) is 1.58. The van der Waals surface area contributed by atoms with Gasteiger partial charge in [-0.05, 0) is 25.5 Å². The third-order valence-electron chi connectivity index (χ3n) is 4.48. The van der Waals surface area contributed by atoms with Crippen LogP contribution in [0.2, 0.25) is 0 Å². The van der Waals surface area contributed by atoms with E-state index in [4.69, 9.17) is 0 Å². The maximum atomic E-state index is 12.2. The monoisotopic (exact) mass is 383 g/mol. The van der Waals surface area contributed by atoms with E-state index in [-0.39, 0.29) is 12.5 Å². The van der Waals surface area contributed by atoms with Crippen molar-refractivity contribution in [3.05, 3.63) is 47.6 Å². The van der Waals surface area contributed by atoms with E-state index in [1.54, 1.807) is 23.3 Å². The average Bonchev–Trinajstić information content (AvgIpc) is 3.37. The lowest BCUT2D eigenvalue weighted by molar-refractivity contribution is -0.122. The van der Waals surface area contributed by atoms with Crippen LogP contribution in [0.1, 0.15) is 30.1 Å². The molecule has 0 aliphatic carbocycles. The Morgan fingerprint density at radius 2 is 2.37 bits per heavy atom. The van der Waals surface area contributed by atoms with E-state index >= 15 is 0 Å². The van der Waals surface area contributed by atoms with Crippen molar-refractivity contribution in [2.75, 3.05) is 13.1 Å². The minimum Gasteiger partial charge on any atom is -0.349 e. The molecule has 0 aromatic carbocycles. The van der Waals surface area contributed by atoms with Gasteiger partial charge in [0.2, 0.25) is 5.91 Å². The number of thiazole rings is 1. The predicted molar refractivity (Wildman–Crippen MR) is 102 cm³/mol. The Labute approximate surface area is 161 Å². The minimum absolute atomic E-state index is 0.0829. The standard InChI is InChI=1S/C18H21N7OS/c26-17(11-25-7-3-15(24-25)13-2-1-4-19-8-13)22-9-14-12-27-18(23-14)16-10-20-5-6-21-16/h3,5-7,10,12-13,19H,1-2,4,8-9,11H2,(H,22,26). The molecular formula is C18H21N7OS. The Hall–Kier alpha value is -2.65. The van der Waals surface area contributed by atoms with Crippen LogP contribution in [0.15, 0.2) is 36.2 Å². The normalized spacial score (nSPS) is 17.0. The first-order valence-electron chi connectivity index (χ1n) is 8.99. The average molecular weight is 383 g/mol. The SMILES string of the molecule is O=C(Cn1ccc(C2CCCNC2)n1)NCc1csc(-c2cnccn2)n1. The first-order chi connectivity index (χ1) is 13.3. The summed E-state index contributed by atoms with van der Waals surface area (Å²) in [7, 11) is 0. The molecule has 1 aliphatic rings. The summed E-state index contributed by atoms with van der Waals surface area (Å²) in [6, 6.07) is 2.01. The van der Waals surface area contributed by atoms with E-state index in [0.29, 0.717) is 12.5 Å². The van der Waals surface area contributed by atoms with Crippen LogP contribution in [0.5, 0.6) is 0 Å². The lowest BCUT2D eigenvalue weighted by Crippen LogP contribution is -2.29. The smallest absolute Gasteiger partial charge is 0.242 e. The van der Waals surface area contributed by atoms with Crippen molar-refractivity contribution >= 4 is 17.2 Å². The van der Waals surface area contributed by atoms with Crippen molar-refractivity contribution in [2.24, 2.45) is 0 Å². The van der Waals surface area contributed by atoms with Gasteiger partial charge in [-0.3, -0.25) is 19.4 Å². The summed E-state index contributed by atoms with van der Waals surface area (Å²) in [4.78, 5) is 25.0. The zero-order chi connectivity index (χ0) is 18.5. The fraction of sp³-hybridized carbons (Fsp3) is 0.389. The molecule has 9 heteroatoms. The number of aromatic nitrogens is 5. The molecule has 0 saturated carbocycles. The molecule has 27 heavy (non-hydrogen) atoms. The van der Waals surface area contributed by atoms with Gasteiger partial charge in [0.05, 0.1) is 24.1 Å². The third kappa shape index (κ3) is 4.55. The molecule has 2 N–H and O–H groups in total. The van der Waals surface area contributed by atoms with Crippen LogP contribution in [-0.2, 0) is 17.9 Å². The lowest BCUT2D eigenvalue weighted by atomic mass is 9.97. The summed E-state index contributed by atoms with van der Waals surface area (Å²) in [6.45, 7) is 2.63. The Morgan fingerprint density at radius 1 is 1.41 bits per heavy atom. The van der Waals surface area contributed by atoms with Gasteiger partial charge in [0, 0.05) is 36.4 Å². The number of hydrogen-bond donors (Lipinski definition) is 2. The summed E-state index contributed by atoms with van der Waals surface area (Å²) in [5.74, 6) is 0.359. The van der Waals surface area contributed by atoms with E-state index in [0.717, 1.165) is 41.6 Å². The van der Waals surface area contributed by atoms with Crippen molar-refractivity contribution in [1.82, 2.24) is 35.4 Å². The van der Waals surface area contributed by atoms with Crippen molar-refractivity contribution in [3.63, 3.8) is 0 Å². The summed E-state index contributed by atoms with van der Waals surface area (Å²) < 4.78 is 1.70. The Morgan fingerprint density at radius 3 is 3.19 bits per heavy atom. The lowest BCUT2D eigenvalue weighted by Gasteiger charge is -2.20. The molecule has 140 valence electrons. The summed E-state index contributed by atoms with van der Waals surface area (Å²) in [5.41, 5.74) is 2.60. The molecule has 0 spiro atoms. The van der Waals surface area contributed by atoms with Crippen molar-refractivity contribution in [1.29, 1.82) is 0 Å². The largest absolute Gasteiger partial charge is 0.349 e. The minimum atomic E-state index is -0.0829. The second kappa shape index (κ2) is 8.36. The van der Waals surface area contributed by atoms with Gasteiger partial charge >= 0.3 is 0 Å². The summed E-state index contributed by atoms with van der Waals surface area (Å²) in [5, 5.41) is 13.6. The quantitative estimate of drug-likeness (QED) is 0.671. The highest BCUT2D eigenvalue weighted by molar-refractivity contribution is 7.13. The van der Waals surface area contributed by atoms with Crippen LogP contribution in [0.25, 0.3) is 10.7 Å². The highest BCUT2D eigenvalue weighted by Crippen LogP contribution is 2.21. The first-order valence-corrected chi connectivity index (χ1v) is 9.87. The van der Waals surface area contributed by atoms with E-state index in [2.05, 4.69) is 30.7 Å². The van der Waals surface area contributed by atoms with Gasteiger partial charge < -0.3 is 10.6 Å². The number of hydrogen-bond acceptors (Lipinski definition) is 7. The zero-order valence-corrected chi connectivity index (χ0v) is 15.7. The van der Waals surface area contributed by atoms with Gasteiger partial charge in [-0.25, -0.2) is 4.98 Å². The summed E-state index contributed by atoms with van der Waals surface area (Å²) in [6.07, 6.45) is 9.14. The second-order valence-corrected chi connectivity index (χ2v) is 7.35. The highest BCUT2D eigenvalue weighted by Gasteiger charge is 2.18. The number of rotatable bonds is 6. The number of nitrogens with zero attached hydrogens (tertiary/aromatic N) is 5. The second-order valence-electron chi connectivity index (χ2n) is 6.49. The Balaban J connectivity index is 1.29. The molecule has 1 atom stereocenters. The molecule has 0 bridgehead atoms. The molecule has 0 radical (unpaired) electrons. The van der Waals surface area contributed by atoms with Crippen LogP contribution in [0.3, 0.4) is 0 Å². The van der Waals surface area contributed by atoms with Crippen molar-refractivity contribution in [2.45, 2.75) is 31.8 Å². The molecule has 1 saturated heterocycles. The number of carbonyl (C=O) groups is 1. The maximum Gasteiger partial charge on any atom is 0.242 e. The fourth-order valence-corrected chi connectivity index (χ4v) is 3.87. The molecule has 3 aromatic rings. The Bertz CT molecular complexity index is 886. The van der Waals surface area contributed by atoms with Gasteiger partial charge in [-0.15, -0.1) is 11.3 Å². The van der Waals surface area contributed by atoms with E-state index in [1.807, 2.05) is 17.6 Å². The van der Waals surface area contributed by atoms with E-state index in [9.17, 15) is 4.79 Å². The highest BCUT2D eigenvalue weighted by atomic mass is 32.1. The van der Waals surface area contributed by atoms with Crippen LogP contribution in [0, 0.1) is 0 Å². The van der Waals surface area contributed by atoms with Gasteiger partial charge in [0.15, 0.2) is 0 Å². The molecule has 3 aromatic heterocycles. The molecule has 4 heterocycles. The van der Waals surface area contributed by atoms with Crippen molar-refractivity contribution in [3.8, 4) is 10.7 Å². The molecule has 1 fully saturated rings. The molecule has 4 rings (SSSR count). The zero-order valence-electron chi connectivity index (χ0n) is 14.8. The van der Waals surface area contributed by atoms with E-state index < -0.39 is 0 Å². The third-order valence-corrected chi connectivity index (χ3v) is 5.40. The van der Waals surface area contributed by atoms with Crippen molar-refractivity contribution < 1.29 is 4.79 Å². The molecule has 8 nitrogen and oxygen atoms in total. The van der Waals surface area contributed by atoms with Crippen LogP contribution >= 0.6 is 11.3 Å². The van der Waals surface area contributed by atoms with Crippen LogP contribution < -0.4 is 10.6 Å². The van der Waals surface area contributed by atoms with Gasteiger partial charge in [-0.2, -0.15) is 5.10 Å². The topological polar surface area (TPSA) is 97.6 Å². The summed E-state index contributed by atoms with van der Waals surface area (Å²) >= 11 is 1.49. The van der Waals surface area contributed by atoms with Gasteiger partial charge in [0.25, 0.3) is 0 Å². The van der Waals surface area contributed by atoms with Crippen LogP contribution in [0.4, 0.5) is 0 Å². The molecular weight excluding hydrogens is 362 g/mol.